The van der Waals surface area contributed by atoms with Crippen molar-refractivity contribution in [1.82, 2.24) is 4.31 Å². The summed E-state index contributed by atoms with van der Waals surface area (Å²) in [6, 6.07) is 11.1. The van der Waals surface area contributed by atoms with E-state index in [1.165, 1.54) is 23.4 Å². The van der Waals surface area contributed by atoms with Crippen molar-refractivity contribution in [2.45, 2.75) is 37.2 Å². The zero-order chi connectivity index (χ0) is 22.2. The van der Waals surface area contributed by atoms with E-state index in [0.29, 0.717) is 19.6 Å². The molecule has 2 aromatic rings. The van der Waals surface area contributed by atoms with E-state index in [-0.39, 0.29) is 16.6 Å². The van der Waals surface area contributed by atoms with E-state index in [4.69, 9.17) is 4.74 Å². The predicted octanol–water partition coefficient (Wildman–Crippen LogP) is 2.74. The number of anilines is 1. The molecule has 1 fully saturated rings. The molecule has 1 amide bonds. The van der Waals surface area contributed by atoms with E-state index in [1.54, 1.807) is 4.90 Å². The lowest BCUT2D eigenvalue weighted by atomic mass is 10.2. The van der Waals surface area contributed by atoms with Gasteiger partial charge in [-0.05, 0) is 49.9 Å². The summed E-state index contributed by atoms with van der Waals surface area (Å²) in [5, 5.41) is 11.6. The van der Waals surface area contributed by atoms with Crippen LogP contribution in [0.1, 0.15) is 25.3 Å². The molecule has 2 aromatic carbocycles. The highest BCUT2D eigenvalue weighted by Gasteiger charge is 2.32. The molecular formula is C21H23N3O6S. The van der Waals surface area contributed by atoms with Crippen LogP contribution >= 0.6 is 0 Å². The Kier molecular flexibility index (Phi) is 5.67. The molecule has 164 valence electrons. The second kappa shape index (κ2) is 8.27. The third-order valence-electron chi connectivity index (χ3n) is 5.63. The van der Waals surface area contributed by atoms with Gasteiger partial charge in [0, 0.05) is 31.4 Å². The average Bonchev–Trinajstić information content (AvgIpc) is 3.43. The van der Waals surface area contributed by atoms with Crippen LogP contribution in [0.2, 0.25) is 0 Å². The number of rotatable bonds is 6. The molecule has 10 heteroatoms. The van der Waals surface area contributed by atoms with Crippen LogP contribution in [0, 0.1) is 10.1 Å². The Morgan fingerprint density at radius 1 is 1.13 bits per heavy atom. The highest BCUT2D eigenvalue weighted by atomic mass is 32.2. The second-order valence-corrected chi connectivity index (χ2v) is 9.56. The molecule has 9 nitrogen and oxygen atoms in total. The van der Waals surface area contributed by atoms with Gasteiger partial charge >= 0.3 is 5.69 Å². The number of fused-ring (bicyclic) bond motifs is 1. The van der Waals surface area contributed by atoms with Gasteiger partial charge in [-0.3, -0.25) is 14.9 Å². The topological polar surface area (TPSA) is 110 Å². The third-order valence-corrected chi connectivity index (χ3v) is 7.53. The van der Waals surface area contributed by atoms with Crippen molar-refractivity contribution < 1.29 is 22.9 Å². The van der Waals surface area contributed by atoms with Crippen molar-refractivity contribution in [2.24, 2.45) is 0 Å². The first kappa shape index (κ1) is 21.3. The first-order valence-electron chi connectivity index (χ1n) is 10.1. The maximum absolute atomic E-state index is 12.9. The molecule has 4 rings (SSSR count). The van der Waals surface area contributed by atoms with Crippen molar-refractivity contribution in [3.05, 3.63) is 58.1 Å². The van der Waals surface area contributed by atoms with Gasteiger partial charge < -0.3 is 9.64 Å². The molecule has 2 aliphatic heterocycles. The Balaban J connectivity index is 1.57. The predicted molar refractivity (Wildman–Crippen MR) is 114 cm³/mol. The number of nitro benzene ring substituents is 1. The molecular weight excluding hydrogens is 422 g/mol. The maximum atomic E-state index is 12.9. The smallest absolute Gasteiger partial charge is 0.312 e. The Morgan fingerprint density at radius 3 is 2.55 bits per heavy atom. The Labute approximate surface area is 180 Å². The molecule has 1 atom stereocenters. The highest BCUT2D eigenvalue weighted by Crippen LogP contribution is 2.33. The van der Waals surface area contributed by atoms with Gasteiger partial charge in [0.05, 0.1) is 9.82 Å². The summed E-state index contributed by atoms with van der Waals surface area (Å²) in [7, 11) is -3.80. The SMILES string of the molecule is CC(Oc1ccc(S(=O)(=O)N2CCCC2)cc1[N+](=O)[O-])C(=O)N1CCc2ccccc21. The third kappa shape index (κ3) is 4.00. The molecule has 0 N–H and O–H groups in total. The molecule has 0 spiro atoms. The lowest BCUT2D eigenvalue weighted by Crippen LogP contribution is -2.39. The van der Waals surface area contributed by atoms with Gasteiger partial charge in [0.2, 0.25) is 10.0 Å². The standard InChI is InChI=1S/C21H23N3O6S/c1-15(21(25)23-13-10-16-6-2-3-7-18(16)23)30-20-9-8-17(14-19(20)24(26)27)31(28,29)22-11-4-5-12-22/h2-3,6-9,14-15H,4-5,10-13H2,1H3. The molecule has 0 saturated carbocycles. The molecule has 1 saturated heterocycles. The lowest BCUT2D eigenvalue weighted by molar-refractivity contribution is -0.386. The summed E-state index contributed by atoms with van der Waals surface area (Å²) >= 11 is 0. The van der Waals surface area contributed by atoms with Crippen LogP contribution in [-0.4, -0.2) is 49.3 Å². The number of ether oxygens (including phenoxy) is 1. The van der Waals surface area contributed by atoms with E-state index in [9.17, 15) is 23.3 Å². The molecule has 2 aliphatic rings. The van der Waals surface area contributed by atoms with Gasteiger partial charge in [-0.1, -0.05) is 18.2 Å². The number of benzene rings is 2. The minimum absolute atomic E-state index is 0.140. The number of sulfonamides is 1. The molecule has 0 bridgehead atoms. The van der Waals surface area contributed by atoms with Gasteiger partial charge in [0.15, 0.2) is 11.9 Å². The van der Waals surface area contributed by atoms with E-state index in [2.05, 4.69) is 0 Å². The molecule has 0 radical (unpaired) electrons. The number of carbonyl (C=O) groups excluding carboxylic acids is 1. The Bertz CT molecular complexity index is 1130. The van der Waals surface area contributed by atoms with Gasteiger partial charge in [-0.2, -0.15) is 4.31 Å². The monoisotopic (exact) mass is 445 g/mol. The van der Waals surface area contributed by atoms with Gasteiger partial charge in [0.1, 0.15) is 0 Å². The fourth-order valence-electron chi connectivity index (χ4n) is 4.01. The van der Waals surface area contributed by atoms with Crippen molar-refractivity contribution in [3.8, 4) is 5.75 Å². The molecule has 0 aliphatic carbocycles. The lowest BCUT2D eigenvalue weighted by Gasteiger charge is -2.22. The average molecular weight is 445 g/mol. The fraction of sp³-hybridized carbons (Fsp3) is 0.381. The van der Waals surface area contributed by atoms with Crippen LogP contribution in [0.15, 0.2) is 47.4 Å². The van der Waals surface area contributed by atoms with Crippen LogP contribution in [0.5, 0.6) is 5.75 Å². The van der Waals surface area contributed by atoms with Crippen molar-refractivity contribution in [2.75, 3.05) is 24.5 Å². The summed E-state index contributed by atoms with van der Waals surface area (Å²) in [5.74, 6) is -0.452. The van der Waals surface area contributed by atoms with Crippen molar-refractivity contribution in [3.63, 3.8) is 0 Å². The summed E-state index contributed by atoms with van der Waals surface area (Å²) < 4.78 is 32.5. The van der Waals surface area contributed by atoms with Gasteiger partial charge in [0.25, 0.3) is 5.91 Å². The minimum atomic E-state index is -3.80. The van der Waals surface area contributed by atoms with Gasteiger partial charge in [-0.15, -0.1) is 0 Å². The number of nitrogens with zero attached hydrogens (tertiary/aromatic N) is 3. The van der Waals surface area contributed by atoms with Crippen LogP contribution in [0.25, 0.3) is 0 Å². The largest absolute Gasteiger partial charge is 0.474 e. The number of hydrogen-bond donors (Lipinski definition) is 0. The van der Waals surface area contributed by atoms with E-state index in [0.717, 1.165) is 36.6 Å². The van der Waals surface area contributed by atoms with Crippen LogP contribution in [-0.2, 0) is 21.2 Å². The Morgan fingerprint density at radius 2 is 1.84 bits per heavy atom. The number of hydrogen-bond acceptors (Lipinski definition) is 6. The number of amides is 1. The number of para-hydroxylation sites is 1. The normalized spacial score (nSPS) is 17.4. The van der Waals surface area contributed by atoms with Crippen LogP contribution in [0.3, 0.4) is 0 Å². The summed E-state index contributed by atoms with van der Waals surface area (Å²) in [6.07, 6.45) is 1.28. The highest BCUT2D eigenvalue weighted by molar-refractivity contribution is 7.89. The Hall–Kier alpha value is -2.98. The zero-order valence-electron chi connectivity index (χ0n) is 17.1. The summed E-state index contributed by atoms with van der Waals surface area (Å²) in [6.45, 7) is 2.84. The maximum Gasteiger partial charge on any atom is 0.312 e. The van der Waals surface area contributed by atoms with Crippen LogP contribution in [0.4, 0.5) is 11.4 Å². The molecule has 31 heavy (non-hydrogen) atoms. The zero-order valence-corrected chi connectivity index (χ0v) is 17.9. The first-order valence-corrected chi connectivity index (χ1v) is 11.6. The number of nitro groups is 1. The van der Waals surface area contributed by atoms with Crippen LogP contribution < -0.4 is 9.64 Å². The second-order valence-electron chi connectivity index (χ2n) is 7.63. The van der Waals surface area contributed by atoms with E-state index in [1.807, 2.05) is 24.3 Å². The minimum Gasteiger partial charge on any atom is -0.474 e. The molecule has 1 unspecified atom stereocenters. The molecule has 2 heterocycles. The fourth-order valence-corrected chi connectivity index (χ4v) is 5.54. The summed E-state index contributed by atoms with van der Waals surface area (Å²) in [5.41, 5.74) is 1.39. The number of carbonyl (C=O) groups is 1. The van der Waals surface area contributed by atoms with E-state index >= 15 is 0 Å². The van der Waals surface area contributed by atoms with E-state index < -0.39 is 26.7 Å². The quantitative estimate of drug-likeness (QED) is 0.499. The summed E-state index contributed by atoms with van der Waals surface area (Å²) in [4.78, 5) is 25.3. The molecule has 0 aromatic heterocycles. The van der Waals surface area contributed by atoms with Crippen molar-refractivity contribution >= 4 is 27.3 Å². The van der Waals surface area contributed by atoms with Gasteiger partial charge in [-0.25, -0.2) is 8.42 Å². The first-order chi connectivity index (χ1) is 14.8. The van der Waals surface area contributed by atoms with Crippen molar-refractivity contribution in [1.29, 1.82) is 0 Å².